The lowest BCUT2D eigenvalue weighted by Gasteiger charge is -2.25. The first-order valence-electron chi connectivity index (χ1n) is 8.55. The van der Waals surface area contributed by atoms with E-state index in [1.165, 1.54) is 15.6 Å². The number of rotatable bonds is 7. The van der Waals surface area contributed by atoms with Gasteiger partial charge in [0.15, 0.2) is 0 Å². The third-order valence-electron chi connectivity index (χ3n) is 4.16. The number of benzene rings is 1. The molecule has 7 nitrogen and oxygen atoms in total. The highest BCUT2D eigenvalue weighted by Gasteiger charge is 2.27. The molecule has 0 saturated carbocycles. The van der Waals surface area contributed by atoms with Crippen LogP contribution in [-0.4, -0.2) is 52.0 Å². The van der Waals surface area contributed by atoms with E-state index in [2.05, 4.69) is 5.32 Å². The first-order valence-corrected chi connectivity index (χ1v) is 10.8. The van der Waals surface area contributed by atoms with Crippen molar-refractivity contribution in [2.75, 3.05) is 33.4 Å². The second-order valence-corrected chi connectivity index (χ2v) is 9.38. The standard InChI is InChI=1S/C18H22N2O5S2/c1-24-15-4-2-3-14(11-15)12-17(21)19-13-16-5-6-18(26-16)27(22,23)20-7-9-25-10-8-20/h2-6,11H,7-10,12-13H2,1H3,(H,19,21). The molecule has 1 fully saturated rings. The zero-order chi connectivity index (χ0) is 19.3. The minimum absolute atomic E-state index is 0.130. The van der Waals surface area contributed by atoms with Crippen molar-refractivity contribution < 1.29 is 22.7 Å². The highest BCUT2D eigenvalue weighted by atomic mass is 32.2. The molecule has 0 aliphatic carbocycles. The molecule has 2 heterocycles. The Bertz CT molecular complexity index is 889. The Labute approximate surface area is 163 Å². The number of thiophene rings is 1. The van der Waals surface area contributed by atoms with E-state index in [4.69, 9.17) is 9.47 Å². The smallest absolute Gasteiger partial charge is 0.252 e. The lowest BCUT2D eigenvalue weighted by molar-refractivity contribution is -0.120. The Balaban J connectivity index is 1.56. The first kappa shape index (κ1) is 19.8. The van der Waals surface area contributed by atoms with Crippen LogP contribution in [0.2, 0.25) is 0 Å². The van der Waals surface area contributed by atoms with E-state index in [0.29, 0.717) is 42.8 Å². The van der Waals surface area contributed by atoms with Crippen LogP contribution in [-0.2, 0) is 32.5 Å². The topological polar surface area (TPSA) is 84.9 Å². The van der Waals surface area contributed by atoms with Crippen molar-refractivity contribution in [3.63, 3.8) is 0 Å². The fourth-order valence-corrected chi connectivity index (χ4v) is 5.58. The molecular weight excluding hydrogens is 388 g/mol. The van der Waals surface area contributed by atoms with Crippen LogP contribution in [0.25, 0.3) is 0 Å². The van der Waals surface area contributed by atoms with E-state index >= 15 is 0 Å². The largest absolute Gasteiger partial charge is 0.497 e. The SMILES string of the molecule is COc1cccc(CC(=O)NCc2ccc(S(=O)(=O)N3CCOCC3)s2)c1. The van der Waals surface area contributed by atoms with Crippen molar-refractivity contribution >= 4 is 27.3 Å². The summed E-state index contributed by atoms with van der Waals surface area (Å²) < 4.78 is 37.3. The van der Waals surface area contributed by atoms with Crippen LogP contribution in [0.1, 0.15) is 10.4 Å². The van der Waals surface area contributed by atoms with Gasteiger partial charge in [0, 0.05) is 18.0 Å². The zero-order valence-electron chi connectivity index (χ0n) is 15.0. The molecule has 146 valence electrons. The molecule has 9 heteroatoms. The summed E-state index contributed by atoms with van der Waals surface area (Å²) in [6, 6.07) is 10.7. The Morgan fingerprint density at radius 1 is 1.26 bits per heavy atom. The minimum atomic E-state index is -3.49. The van der Waals surface area contributed by atoms with E-state index < -0.39 is 10.0 Å². The molecule has 0 radical (unpaired) electrons. The van der Waals surface area contributed by atoms with E-state index in [1.807, 2.05) is 24.3 Å². The minimum Gasteiger partial charge on any atom is -0.497 e. The molecule has 1 amide bonds. The second-order valence-electron chi connectivity index (χ2n) is 6.04. The lowest BCUT2D eigenvalue weighted by atomic mass is 10.1. The highest BCUT2D eigenvalue weighted by Crippen LogP contribution is 2.25. The maximum absolute atomic E-state index is 12.6. The predicted octanol–water partition coefficient (Wildman–Crippen LogP) is 1.64. The van der Waals surface area contributed by atoms with Crippen molar-refractivity contribution in [3.8, 4) is 5.75 Å². The van der Waals surface area contributed by atoms with Crippen LogP contribution in [0.4, 0.5) is 0 Å². The molecule has 1 aromatic carbocycles. The Hall–Kier alpha value is -1.94. The van der Waals surface area contributed by atoms with Gasteiger partial charge in [-0.05, 0) is 29.8 Å². The van der Waals surface area contributed by atoms with Gasteiger partial charge in [0.2, 0.25) is 5.91 Å². The van der Waals surface area contributed by atoms with Crippen LogP contribution in [0.3, 0.4) is 0 Å². The van der Waals surface area contributed by atoms with E-state index in [0.717, 1.165) is 10.4 Å². The molecule has 1 N–H and O–H groups in total. The second kappa shape index (κ2) is 8.83. The zero-order valence-corrected chi connectivity index (χ0v) is 16.6. The number of nitrogens with zero attached hydrogens (tertiary/aromatic N) is 1. The summed E-state index contributed by atoms with van der Waals surface area (Å²) in [6.45, 7) is 1.86. The molecule has 0 unspecified atom stereocenters. The van der Waals surface area contributed by atoms with Gasteiger partial charge < -0.3 is 14.8 Å². The number of methoxy groups -OCH3 is 1. The number of ether oxygens (including phenoxy) is 2. The van der Waals surface area contributed by atoms with Crippen molar-refractivity contribution in [1.29, 1.82) is 0 Å². The van der Waals surface area contributed by atoms with Crippen molar-refractivity contribution in [1.82, 2.24) is 9.62 Å². The summed E-state index contributed by atoms with van der Waals surface area (Å²) in [7, 11) is -1.91. The van der Waals surface area contributed by atoms with Crippen LogP contribution in [0, 0.1) is 0 Å². The number of nitrogens with one attached hydrogen (secondary N) is 1. The Morgan fingerprint density at radius 2 is 2.04 bits per heavy atom. The van der Waals surface area contributed by atoms with Gasteiger partial charge >= 0.3 is 0 Å². The van der Waals surface area contributed by atoms with Gasteiger partial charge in [-0.15, -0.1) is 11.3 Å². The Morgan fingerprint density at radius 3 is 2.78 bits per heavy atom. The molecule has 0 bridgehead atoms. The average molecular weight is 411 g/mol. The number of hydrogen-bond acceptors (Lipinski definition) is 6. The predicted molar refractivity (Wildman–Crippen MR) is 102 cm³/mol. The number of carbonyl (C=O) groups excluding carboxylic acids is 1. The third kappa shape index (κ3) is 5.07. The quantitative estimate of drug-likeness (QED) is 0.750. The van der Waals surface area contributed by atoms with Gasteiger partial charge in [0.25, 0.3) is 10.0 Å². The highest BCUT2D eigenvalue weighted by molar-refractivity contribution is 7.91. The normalized spacial score (nSPS) is 15.4. The molecule has 1 aromatic heterocycles. The van der Waals surface area contributed by atoms with Crippen molar-refractivity contribution in [3.05, 3.63) is 46.8 Å². The molecule has 1 saturated heterocycles. The number of sulfonamides is 1. The molecule has 0 spiro atoms. The number of amides is 1. The first-order chi connectivity index (χ1) is 13.0. The number of hydrogen-bond donors (Lipinski definition) is 1. The number of carbonyl (C=O) groups is 1. The maximum Gasteiger partial charge on any atom is 0.252 e. The van der Waals surface area contributed by atoms with Crippen LogP contribution in [0.5, 0.6) is 5.75 Å². The summed E-state index contributed by atoms with van der Waals surface area (Å²) in [6.07, 6.45) is 0.238. The number of morpholine rings is 1. The lowest BCUT2D eigenvalue weighted by Crippen LogP contribution is -2.40. The molecule has 2 aromatic rings. The monoisotopic (exact) mass is 410 g/mol. The van der Waals surface area contributed by atoms with Crippen LogP contribution < -0.4 is 10.1 Å². The molecular formula is C18H22N2O5S2. The summed E-state index contributed by atoms with van der Waals surface area (Å²) >= 11 is 1.18. The molecule has 3 rings (SSSR count). The van der Waals surface area contributed by atoms with E-state index in [1.54, 1.807) is 19.2 Å². The molecule has 27 heavy (non-hydrogen) atoms. The van der Waals surface area contributed by atoms with Crippen LogP contribution >= 0.6 is 11.3 Å². The fraction of sp³-hybridized carbons (Fsp3) is 0.389. The van der Waals surface area contributed by atoms with E-state index in [9.17, 15) is 13.2 Å². The van der Waals surface area contributed by atoms with Gasteiger partial charge in [0.1, 0.15) is 9.96 Å². The molecule has 1 aliphatic heterocycles. The van der Waals surface area contributed by atoms with Crippen molar-refractivity contribution in [2.45, 2.75) is 17.2 Å². The van der Waals surface area contributed by atoms with Gasteiger partial charge in [0.05, 0.1) is 33.3 Å². The third-order valence-corrected chi connectivity index (χ3v) is 7.61. The van der Waals surface area contributed by atoms with Gasteiger partial charge in [-0.1, -0.05) is 12.1 Å². The Kier molecular flexibility index (Phi) is 6.48. The fourth-order valence-electron chi connectivity index (χ4n) is 2.72. The van der Waals surface area contributed by atoms with Gasteiger partial charge in [-0.2, -0.15) is 4.31 Å². The van der Waals surface area contributed by atoms with E-state index in [-0.39, 0.29) is 12.3 Å². The molecule has 0 atom stereocenters. The summed E-state index contributed by atoms with van der Waals surface area (Å²) in [5, 5.41) is 2.83. The maximum atomic E-state index is 12.6. The van der Waals surface area contributed by atoms with Crippen LogP contribution in [0.15, 0.2) is 40.6 Å². The van der Waals surface area contributed by atoms with Gasteiger partial charge in [-0.25, -0.2) is 8.42 Å². The summed E-state index contributed by atoms with van der Waals surface area (Å²) in [4.78, 5) is 12.9. The average Bonchev–Trinajstić information content (AvgIpc) is 3.17. The summed E-state index contributed by atoms with van der Waals surface area (Å²) in [5.74, 6) is 0.575. The van der Waals surface area contributed by atoms with Crippen molar-refractivity contribution in [2.24, 2.45) is 0 Å². The summed E-state index contributed by atoms with van der Waals surface area (Å²) in [5.41, 5.74) is 0.855. The molecule has 1 aliphatic rings. The van der Waals surface area contributed by atoms with Gasteiger partial charge in [-0.3, -0.25) is 4.79 Å².